The van der Waals surface area contributed by atoms with Gasteiger partial charge in [-0.1, -0.05) is 11.6 Å². The van der Waals surface area contributed by atoms with Crippen molar-refractivity contribution in [2.75, 3.05) is 5.32 Å². The van der Waals surface area contributed by atoms with Crippen LogP contribution in [-0.4, -0.2) is 11.9 Å². The number of amides is 1. The lowest BCUT2D eigenvalue weighted by Gasteiger charge is -2.07. The molecule has 0 aromatic heterocycles. The van der Waals surface area contributed by atoms with E-state index in [9.17, 15) is 9.59 Å². The summed E-state index contributed by atoms with van der Waals surface area (Å²) in [5.74, 6) is -0.540. The predicted octanol–water partition coefficient (Wildman–Crippen LogP) is 2.36. The van der Waals surface area contributed by atoms with Crippen molar-refractivity contribution in [1.29, 1.82) is 0 Å². The van der Waals surface area contributed by atoms with Crippen LogP contribution in [0.5, 0.6) is 0 Å². The first-order chi connectivity index (χ1) is 7.47. The van der Waals surface area contributed by atoms with Crippen molar-refractivity contribution in [1.82, 2.24) is 0 Å². The maximum absolute atomic E-state index is 10.9. The van der Waals surface area contributed by atoms with Crippen LogP contribution >= 0.6 is 11.6 Å². The van der Waals surface area contributed by atoms with Gasteiger partial charge in [0.15, 0.2) is 0 Å². The molecule has 0 fully saturated rings. The van der Waals surface area contributed by atoms with Gasteiger partial charge in [-0.25, -0.2) is 0 Å². The van der Waals surface area contributed by atoms with Crippen LogP contribution in [0.3, 0.4) is 0 Å². The second kappa shape index (κ2) is 5.51. The van der Waals surface area contributed by atoms with Crippen LogP contribution in [0.15, 0.2) is 18.2 Å². The lowest BCUT2D eigenvalue weighted by molar-refractivity contribution is -0.142. The molecule has 1 N–H and O–H groups in total. The molecule has 4 nitrogen and oxygen atoms in total. The molecular formula is C11H12ClNO3. The molecule has 0 saturated heterocycles. The Morgan fingerprint density at radius 2 is 2.00 bits per heavy atom. The van der Waals surface area contributed by atoms with Gasteiger partial charge in [-0.2, -0.15) is 0 Å². The maximum atomic E-state index is 10.9. The molecule has 1 rings (SSSR count). The fourth-order valence-electron chi connectivity index (χ4n) is 1.19. The molecule has 0 heterocycles. The van der Waals surface area contributed by atoms with E-state index in [4.69, 9.17) is 16.3 Å². The number of rotatable bonds is 3. The third-order valence-corrected chi connectivity index (χ3v) is 1.94. The van der Waals surface area contributed by atoms with Crippen LogP contribution in [0.2, 0.25) is 5.02 Å². The van der Waals surface area contributed by atoms with Gasteiger partial charge in [-0.3, -0.25) is 9.59 Å². The Hall–Kier alpha value is -1.55. The average Bonchev–Trinajstić information content (AvgIpc) is 2.12. The molecular weight excluding hydrogens is 230 g/mol. The highest BCUT2D eigenvalue weighted by Crippen LogP contribution is 2.19. The van der Waals surface area contributed by atoms with E-state index >= 15 is 0 Å². The second-order valence-corrected chi connectivity index (χ2v) is 3.75. The fourth-order valence-corrected chi connectivity index (χ4v) is 1.45. The molecule has 5 heteroatoms. The summed E-state index contributed by atoms with van der Waals surface area (Å²) in [4.78, 5) is 21.5. The van der Waals surface area contributed by atoms with Gasteiger partial charge in [0.1, 0.15) is 6.61 Å². The van der Waals surface area contributed by atoms with E-state index in [-0.39, 0.29) is 18.5 Å². The number of hydrogen-bond acceptors (Lipinski definition) is 3. The van der Waals surface area contributed by atoms with Crippen LogP contribution in [0.1, 0.15) is 19.4 Å². The minimum atomic E-state index is -0.360. The first kappa shape index (κ1) is 12.5. The number of anilines is 1. The van der Waals surface area contributed by atoms with Gasteiger partial charge in [-0.05, 0) is 23.8 Å². The summed E-state index contributed by atoms with van der Waals surface area (Å²) < 4.78 is 4.83. The smallest absolute Gasteiger partial charge is 0.302 e. The number of esters is 1. The van der Waals surface area contributed by atoms with Crippen molar-refractivity contribution in [3.05, 3.63) is 28.8 Å². The topological polar surface area (TPSA) is 55.4 Å². The molecule has 0 aliphatic rings. The van der Waals surface area contributed by atoms with Crippen molar-refractivity contribution < 1.29 is 14.3 Å². The molecule has 1 aromatic rings. The van der Waals surface area contributed by atoms with Crippen LogP contribution in [-0.2, 0) is 20.9 Å². The fraction of sp³-hybridized carbons (Fsp3) is 0.273. The summed E-state index contributed by atoms with van der Waals surface area (Å²) in [7, 11) is 0. The summed E-state index contributed by atoms with van der Waals surface area (Å²) in [5.41, 5.74) is 1.31. The van der Waals surface area contributed by atoms with Gasteiger partial charge < -0.3 is 10.1 Å². The normalized spacial score (nSPS) is 9.69. The molecule has 0 atom stereocenters. The summed E-state index contributed by atoms with van der Waals surface area (Å²) in [6.45, 7) is 2.88. The number of carbonyl (C=O) groups excluding carboxylic acids is 2. The number of halogens is 1. The van der Waals surface area contributed by atoms with E-state index in [0.29, 0.717) is 10.7 Å². The Morgan fingerprint density at radius 1 is 1.31 bits per heavy atom. The summed E-state index contributed by atoms with van der Waals surface area (Å²) in [6.07, 6.45) is 0. The van der Waals surface area contributed by atoms with Gasteiger partial charge in [0, 0.05) is 24.6 Å². The largest absolute Gasteiger partial charge is 0.461 e. The molecule has 0 saturated carbocycles. The van der Waals surface area contributed by atoms with Crippen molar-refractivity contribution in [3.63, 3.8) is 0 Å². The highest BCUT2D eigenvalue weighted by Gasteiger charge is 2.03. The third-order valence-electron chi connectivity index (χ3n) is 1.72. The van der Waals surface area contributed by atoms with Gasteiger partial charge in [0.2, 0.25) is 5.91 Å². The molecule has 0 aliphatic heterocycles. The number of ether oxygens (including phenoxy) is 1. The van der Waals surface area contributed by atoms with Crippen LogP contribution in [0, 0.1) is 0 Å². The number of benzene rings is 1. The van der Waals surface area contributed by atoms with Crippen LogP contribution < -0.4 is 5.32 Å². The zero-order valence-electron chi connectivity index (χ0n) is 9.04. The van der Waals surface area contributed by atoms with E-state index in [0.717, 1.165) is 5.56 Å². The minimum absolute atomic E-state index is 0.141. The standard InChI is InChI=1S/C11H12ClNO3/c1-7(14)13-11-4-9(3-10(12)5-11)6-16-8(2)15/h3-5H,6H2,1-2H3,(H,13,14). The van der Waals surface area contributed by atoms with E-state index in [1.54, 1.807) is 18.2 Å². The highest BCUT2D eigenvalue weighted by atomic mass is 35.5. The maximum Gasteiger partial charge on any atom is 0.302 e. The first-order valence-corrected chi connectivity index (χ1v) is 5.05. The molecule has 1 aromatic carbocycles. The quantitative estimate of drug-likeness (QED) is 0.827. The van der Waals surface area contributed by atoms with Gasteiger partial charge in [-0.15, -0.1) is 0 Å². The lowest BCUT2D eigenvalue weighted by atomic mass is 10.2. The Morgan fingerprint density at radius 3 is 2.56 bits per heavy atom. The van der Waals surface area contributed by atoms with E-state index in [2.05, 4.69) is 5.32 Å². The average molecular weight is 242 g/mol. The predicted molar refractivity (Wildman–Crippen MR) is 61.2 cm³/mol. The van der Waals surface area contributed by atoms with Crippen molar-refractivity contribution in [3.8, 4) is 0 Å². The van der Waals surface area contributed by atoms with Gasteiger partial charge >= 0.3 is 5.97 Å². The molecule has 0 bridgehead atoms. The second-order valence-electron chi connectivity index (χ2n) is 3.31. The minimum Gasteiger partial charge on any atom is -0.461 e. The SMILES string of the molecule is CC(=O)Nc1cc(Cl)cc(COC(C)=O)c1. The number of nitrogens with one attached hydrogen (secondary N) is 1. The zero-order valence-corrected chi connectivity index (χ0v) is 9.80. The Bertz CT molecular complexity index is 418. The van der Waals surface area contributed by atoms with Gasteiger partial charge in [0.05, 0.1) is 0 Å². The molecule has 16 heavy (non-hydrogen) atoms. The van der Waals surface area contributed by atoms with Crippen molar-refractivity contribution in [2.24, 2.45) is 0 Å². The summed E-state index contributed by atoms with van der Waals surface area (Å²) in [6, 6.07) is 5.01. The summed E-state index contributed by atoms with van der Waals surface area (Å²) in [5, 5.41) is 3.09. The molecule has 1 amide bonds. The van der Waals surface area contributed by atoms with E-state index in [1.807, 2.05) is 0 Å². The highest BCUT2D eigenvalue weighted by molar-refractivity contribution is 6.31. The molecule has 0 aliphatic carbocycles. The van der Waals surface area contributed by atoms with Crippen LogP contribution in [0.4, 0.5) is 5.69 Å². The van der Waals surface area contributed by atoms with Crippen molar-refractivity contribution in [2.45, 2.75) is 20.5 Å². The first-order valence-electron chi connectivity index (χ1n) is 4.68. The zero-order chi connectivity index (χ0) is 12.1. The third kappa shape index (κ3) is 4.31. The van der Waals surface area contributed by atoms with Crippen molar-refractivity contribution >= 4 is 29.2 Å². The van der Waals surface area contributed by atoms with E-state index < -0.39 is 0 Å². The molecule has 0 radical (unpaired) electrons. The number of carbonyl (C=O) groups is 2. The molecule has 86 valence electrons. The summed E-state index contributed by atoms with van der Waals surface area (Å²) >= 11 is 5.86. The van der Waals surface area contributed by atoms with E-state index in [1.165, 1.54) is 13.8 Å². The Kier molecular flexibility index (Phi) is 4.31. The lowest BCUT2D eigenvalue weighted by Crippen LogP contribution is -2.06. The number of hydrogen-bond donors (Lipinski definition) is 1. The molecule has 0 unspecified atom stereocenters. The van der Waals surface area contributed by atoms with Crippen LogP contribution in [0.25, 0.3) is 0 Å². The monoisotopic (exact) mass is 241 g/mol. The molecule has 0 spiro atoms. The Balaban J connectivity index is 2.80. The Labute approximate surface area is 98.5 Å². The van der Waals surface area contributed by atoms with Gasteiger partial charge in [0.25, 0.3) is 0 Å².